The minimum atomic E-state index is -0.612. The maximum absolute atomic E-state index is 10.5. The fourth-order valence-corrected chi connectivity index (χ4v) is 3.50. The summed E-state index contributed by atoms with van der Waals surface area (Å²) >= 11 is 1.68. The number of hydrogen-bond donors (Lipinski definition) is 2. The molecular weight excluding hydrogens is 268 g/mol. The second-order valence-corrected chi connectivity index (χ2v) is 6.67. The molecule has 0 atom stereocenters. The maximum atomic E-state index is 10.5. The van der Waals surface area contributed by atoms with E-state index in [4.69, 9.17) is 0 Å². The summed E-state index contributed by atoms with van der Waals surface area (Å²) in [5, 5.41) is 23.2. The molecule has 1 aliphatic rings. The van der Waals surface area contributed by atoms with Crippen molar-refractivity contribution >= 4 is 17.4 Å². The standard InChI is InChI=1S/C16H22N2OS/c1-2-20-15-8-6-7-14(13(15)11-17)18-12-16(19)9-4-3-5-10-16/h6-8,18-19H,2-5,9-10,12H2,1H3. The SMILES string of the molecule is CCSc1cccc(NCC2(O)CCCCC2)c1C#N. The van der Waals surface area contributed by atoms with Crippen LogP contribution in [0.5, 0.6) is 0 Å². The van der Waals surface area contributed by atoms with Gasteiger partial charge in [0.2, 0.25) is 0 Å². The number of rotatable bonds is 5. The van der Waals surface area contributed by atoms with Gasteiger partial charge in [-0.25, -0.2) is 0 Å². The Hall–Kier alpha value is -1.18. The lowest BCUT2D eigenvalue weighted by molar-refractivity contribution is 0.0167. The van der Waals surface area contributed by atoms with E-state index in [9.17, 15) is 10.4 Å². The monoisotopic (exact) mass is 290 g/mol. The summed E-state index contributed by atoms with van der Waals surface area (Å²) in [5.74, 6) is 0.946. The molecule has 3 nitrogen and oxygen atoms in total. The molecule has 1 aromatic carbocycles. The minimum Gasteiger partial charge on any atom is -0.388 e. The van der Waals surface area contributed by atoms with Gasteiger partial charge in [0.15, 0.2) is 0 Å². The van der Waals surface area contributed by atoms with Gasteiger partial charge >= 0.3 is 0 Å². The van der Waals surface area contributed by atoms with Crippen molar-refractivity contribution in [3.8, 4) is 6.07 Å². The van der Waals surface area contributed by atoms with Gasteiger partial charge in [0, 0.05) is 11.4 Å². The minimum absolute atomic E-state index is 0.530. The molecule has 0 radical (unpaired) electrons. The molecule has 1 aromatic rings. The molecule has 0 unspecified atom stereocenters. The molecule has 0 amide bonds. The molecule has 4 heteroatoms. The normalized spacial score (nSPS) is 17.4. The zero-order valence-corrected chi connectivity index (χ0v) is 12.8. The topological polar surface area (TPSA) is 56.0 Å². The summed E-state index contributed by atoms with van der Waals surface area (Å²) < 4.78 is 0. The van der Waals surface area contributed by atoms with Gasteiger partial charge in [0.25, 0.3) is 0 Å². The largest absolute Gasteiger partial charge is 0.388 e. The molecule has 20 heavy (non-hydrogen) atoms. The summed E-state index contributed by atoms with van der Waals surface area (Å²) in [6.45, 7) is 2.61. The highest BCUT2D eigenvalue weighted by Gasteiger charge is 2.29. The first kappa shape index (κ1) is 15.2. The Morgan fingerprint density at radius 3 is 2.75 bits per heavy atom. The van der Waals surface area contributed by atoms with Crippen LogP contribution in [0, 0.1) is 11.3 Å². The Morgan fingerprint density at radius 2 is 2.10 bits per heavy atom. The van der Waals surface area contributed by atoms with Crippen molar-refractivity contribution < 1.29 is 5.11 Å². The van der Waals surface area contributed by atoms with Crippen LogP contribution in [0.15, 0.2) is 23.1 Å². The fraction of sp³-hybridized carbons (Fsp3) is 0.562. The predicted molar refractivity (Wildman–Crippen MR) is 84.1 cm³/mol. The second-order valence-electron chi connectivity index (χ2n) is 5.36. The number of aliphatic hydroxyl groups is 1. The van der Waals surface area contributed by atoms with Gasteiger partial charge in [-0.1, -0.05) is 32.3 Å². The molecule has 1 aliphatic carbocycles. The summed E-state index contributed by atoms with van der Waals surface area (Å²) in [6.07, 6.45) is 5.11. The first-order chi connectivity index (χ1) is 9.68. The highest BCUT2D eigenvalue weighted by molar-refractivity contribution is 7.99. The quantitative estimate of drug-likeness (QED) is 0.810. The van der Waals surface area contributed by atoms with Crippen molar-refractivity contribution in [1.29, 1.82) is 5.26 Å². The Balaban J connectivity index is 2.09. The van der Waals surface area contributed by atoms with Gasteiger partial charge in [-0.15, -0.1) is 11.8 Å². The molecule has 1 fully saturated rings. The molecule has 0 bridgehead atoms. The molecule has 0 heterocycles. The van der Waals surface area contributed by atoms with Crippen LogP contribution in [0.3, 0.4) is 0 Å². The van der Waals surface area contributed by atoms with Crippen molar-refractivity contribution in [2.24, 2.45) is 0 Å². The van der Waals surface area contributed by atoms with Crippen LogP contribution in [0.2, 0.25) is 0 Å². The maximum Gasteiger partial charge on any atom is 0.102 e. The van der Waals surface area contributed by atoms with Gasteiger partial charge in [0.1, 0.15) is 6.07 Å². The molecule has 1 saturated carbocycles. The third kappa shape index (κ3) is 3.68. The first-order valence-corrected chi connectivity index (χ1v) is 8.29. The lowest BCUT2D eigenvalue weighted by atomic mass is 9.85. The van der Waals surface area contributed by atoms with E-state index < -0.39 is 5.60 Å². The number of anilines is 1. The third-order valence-electron chi connectivity index (χ3n) is 3.83. The van der Waals surface area contributed by atoms with E-state index in [-0.39, 0.29) is 0 Å². The van der Waals surface area contributed by atoms with Crippen LogP contribution in [0.1, 0.15) is 44.6 Å². The highest BCUT2D eigenvalue weighted by Crippen LogP contribution is 2.31. The average molecular weight is 290 g/mol. The summed E-state index contributed by atoms with van der Waals surface area (Å²) in [6, 6.07) is 8.15. The van der Waals surface area contributed by atoms with Crippen LogP contribution in [0.25, 0.3) is 0 Å². The summed E-state index contributed by atoms with van der Waals surface area (Å²) in [7, 11) is 0. The van der Waals surface area contributed by atoms with Gasteiger partial charge in [0.05, 0.1) is 16.9 Å². The van der Waals surface area contributed by atoms with Crippen molar-refractivity contribution in [2.45, 2.75) is 49.5 Å². The van der Waals surface area contributed by atoms with Crippen LogP contribution >= 0.6 is 11.8 Å². The lowest BCUT2D eigenvalue weighted by Crippen LogP contribution is -2.38. The fourth-order valence-electron chi connectivity index (χ4n) is 2.72. The number of thioether (sulfide) groups is 1. The van der Waals surface area contributed by atoms with Crippen LogP contribution in [0.4, 0.5) is 5.69 Å². The number of nitriles is 1. The van der Waals surface area contributed by atoms with Crippen LogP contribution in [-0.2, 0) is 0 Å². The molecule has 108 valence electrons. The molecule has 2 rings (SSSR count). The Bertz CT molecular complexity index is 490. The highest BCUT2D eigenvalue weighted by atomic mass is 32.2. The molecule has 0 spiro atoms. The Kier molecular flexibility index (Phi) is 5.33. The van der Waals surface area contributed by atoms with Crippen molar-refractivity contribution in [1.82, 2.24) is 0 Å². The molecular formula is C16H22N2OS. The van der Waals surface area contributed by atoms with Crippen LogP contribution < -0.4 is 5.32 Å². The van der Waals surface area contributed by atoms with Crippen molar-refractivity contribution in [3.05, 3.63) is 23.8 Å². The Morgan fingerprint density at radius 1 is 1.35 bits per heavy atom. The number of hydrogen-bond acceptors (Lipinski definition) is 4. The Labute approximate surface area is 125 Å². The third-order valence-corrected chi connectivity index (χ3v) is 4.77. The number of nitrogens with zero attached hydrogens (tertiary/aromatic N) is 1. The molecule has 0 saturated heterocycles. The van der Waals surface area contributed by atoms with Crippen molar-refractivity contribution in [2.75, 3.05) is 17.6 Å². The zero-order valence-electron chi connectivity index (χ0n) is 12.0. The lowest BCUT2D eigenvalue weighted by Gasteiger charge is -2.32. The number of nitrogens with one attached hydrogen (secondary N) is 1. The molecule has 0 aromatic heterocycles. The van der Waals surface area contributed by atoms with E-state index >= 15 is 0 Å². The zero-order chi connectivity index (χ0) is 14.4. The summed E-state index contributed by atoms with van der Waals surface area (Å²) in [5.41, 5.74) is 0.919. The van der Waals surface area contributed by atoms with E-state index in [0.29, 0.717) is 12.1 Å². The summed E-state index contributed by atoms with van der Waals surface area (Å²) in [4.78, 5) is 1.01. The molecule has 0 aliphatic heterocycles. The van der Waals surface area contributed by atoms with Crippen molar-refractivity contribution in [3.63, 3.8) is 0 Å². The van der Waals surface area contributed by atoms with E-state index in [2.05, 4.69) is 18.3 Å². The van der Waals surface area contributed by atoms with Gasteiger partial charge in [-0.3, -0.25) is 0 Å². The number of benzene rings is 1. The average Bonchev–Trinajstić information content (AvgIpc) is 2.46. The van der Waals surface area contributed by atoms with Gasteiger partial charge in [-0.2, -0.15) is 5.26 Å². The second kappa shape index (κ2) is 7.01. The first-order valence-electron chi connectivity index (χ1n) is 7.31. The van der Waals surface area contributed by atoms with Crippen LogP contribution in [-0.4, -0.2) is 23.0 Å². The van der Waals surface area contributed by atoms with E-state index in [0.717, 1.165) is 42.0 Å². The van der Waals surface area contributed by atoms with E-state index in [1.54, 1.807) is 11.8 Å². The predicted octanol–water partition coefficient (Wildman–Crippen LogP) is 3.78. The van der Waals surface area contributed by atoms with Gasteiger partial charge < -0.3 is 10.4 Å². The smallest absolute Gasteiger partial charge is 0.102 e. The van der Waals surface area contributed by atoms with E-state index in [1.165, 1.54) is 6.42 Å². The molecule has 2 N–H and O–H groups in total. The van der Waals surface area contributed by atoms with Gasteiger partial charge in [-0.05, 0) is 30.7 Å². The van der Waals surface area contributed by atoms with E-state index in [1.807, 2.05) is 18.2 Å².